The Kier molecular flexibility index (Phi) is 4.73. The number of hydrogen-bond donors (Lipinski definition) is 2. The predicted molar refractivity (Wildman–Crippen MR) is 108 cm³/mol. The lowest BCUT2D eigenvalue weighted by Gasteiger charge is -2.24. The van der Waals surface area contributed by atoms with Crippen LogP contribution in [0.1, 0.15) is 44.9 Å². The highest BCUT2D eigenvalue weighted by atomic mass is 32.1. The van der Waals surface area contributed by atoms with Gasteiger partial charge in [0.2, 0.25) is 5.91 Å². The van der Waals surface area contributed by atoms with Crippen LogP contribution < -0.4 is 5.32 Å². The molecule has 0 radical (unpaired) electrons. The van der Waals surface area contributed by atoms with Crippen LogP contribution in [0.15, 0.2) is 48.5 Å². The van der Waals surface area contributed by atoms with E-state index in [1.165, 1.54) is 23.8 Å². The van der Waals surface area contributed by atoms with Crippen molar-refractivity contribution in [3.05, 3.63) is 75.2 Å². The number of fused-ring (bicyclic) bond motifs is 1. The summed E-state index contributed by atoms with van der Waals surface area (Å²) in [6, 6.07) is 13.8. The van der Waals surface area contributed by atoms with E-state index in [9.17, 15) is 19.1 Å². The predicted octanol–water partition coefficient (Wildman–Crippen LogP) is 5.29. The second-order valence-electron chi connectivity index (χ2n) is 6.76. The number of aryl methyl sites for hydroxylation is 1. The van der Waals surface area contributed by atoms with Gasteiger partial charge in [0, 0.05) is 22.8 Å². The topological polar surface area (TPSA) is 66.4 Å². The van der Waals surface area contributed by atoms with E-state index in [4.69, 9.17) is 0 Å². The highest BCUT2D eigenvalue weighted by molar-refractivity contribution is 7.15. The van der Waals surface area contributed by atoms with Gasteiger partial charge in [0.1, 0.15) is 10.7 Å². The Morgan fingerprint density at radius 2 is 2.00 bits per heavy atom. The molecule has 0 fully saturated rings. The highest BCUT2D eigenvalue weighted by Gasteiger charge is 2.34. The smallest absolute Gasteiger partial charge is 0.346 e. The van der Waals surface area contributed by atoms with Gasteiger partial charge in [0.05, 0.1) is 5.69 Å². The number of carboxylic acid groups (broad SMARTS) is 1. The van der Waals surface area contributed by atoms with Crippen LogP contribution in [-0.2, 0) is 11.2 Å². The van der Waals surface area contributed by atoms with Gasteiger partial charge in [-0.15, -0.1) is 11.3 Å². The number of carbonyl (C=O) groups excluding carboxylic acids is 1. The Bertz CT molecular complexity index is 1070. The fourth-order valence-corrected chi connectivity index (χ4v) is 4.86. The van der Waals surface area contributed by atoms with E-state index in [2.05, 4.69) is 12.2 Å². The summed E-state index contributed by atoms with van der Waals surface area (Å²) >= 11 is 1.15. The Morgan fingerprint density at radius 3 is 2.64 bits per heavy atom. The number of nitrogens with one attached hydrogen (secondary N) is 1. The van der Waals surface area contributed by atoms with Crippen molar-refractivity contribution in [1.29, 1.82) is 0 Å². The number of amides is 1. The molecule has 2 aromatic carbocycles. The van der Waals surface area contributed by atoms with Gasteiger partial charge in [-0.3, -0.25) is 4.79 Å². The van der Waals surface area contributed by atoms with E-state index < -0.39 is 11.8 Å². The van der Waals surface area contributed by atoms with Crippen molar-refractivity contribution in [3.8, 4) is 11.1 Å². The first-order valence-electron chi connectivity index (χ1n) is 9.02. The maximum Gasteiger partial charge on any atom is 0.346 e. The van der Waals surface area contributed by atoms with Crippen molar-refractivity contribution in [2.45, 2.75) is 25.7 Å². The molecule has 0 unspecified atom stereocenters. The van der Waals surface area contributed by atoms with Crippen LogP contribution in [0.5, 0.6) is 0 Å². The molecule has 4 nitrogen and oxygen atoms in total. The average Bonchev–Trinajstić information content (AvgIpc) is 3.07. The van der Waals surface area contributed by atoms with E-state index in [0.717, 1.165) is 28.2 Å². The third-order valence-corrected chi connectivity index (χ3v) is 6.30. The summed E-state index contributed by atoms with van der Waals surface area (Å²) in [6.45, 7) is 2.07. The molecule has 6 heteroatoms. The maximum absolute atomic E-state index is 13.8. The lowest BCUT2D eigenvalue weighted by molar-refractivity contribution is -0.116. The van der Waals surface area contributed by atoms with Crippen LogP contribution in [0.4, 0.5) is 10.1 Å². The molecule has 4 rings (SSSR count). The summed E-state index contributed by atoms with van der Waals surface area (Å²) in [7, 11) is 0. The minimum atomic E-state index is -1.09. The van der Waals surface area contributed by atoms with E-state index in [1.807, 2.05) is 24.3 Å². The third-order valence-electron chi connectivity index (χ3n) is 5.00. The second-order valence-corrected chi connectivity index (χ2v) is 7.81. The monoisotopic (exact) mass is 395 g/mol. The lowest BCUT2D eigenvalue weighted by Crippen LogP contribution is -2.22. The van der Waals surface area contributed by atoms with Gasteiger partial charge in [-0.05, 0) is 35.2 Å². The van der Waals surface area contributed by atoms with Crippen molar-refractivity contribution in [1.82, 2.24) is 0 Å². The number of benzene rings is 2. The third kappa shape index (κ3) is 3.20. The molecule has 1 aromatic heterocycles. The number of hydrogen-bond acceptors (Lipinski definition) is 3. The lowest BCUT2D eigenvalue weighted by atomic mass is 9.88. The summed E-state index contributed by atoms with van der Waals surface area (Å²) in [6.07, 6.45) is 1.17. The average molecular weight is 395 g/mol. The van der Waals surface area contributed by atoms with Crippen LogP contribution in [-0.4, -0.2) is 17.0 Å². The number of rotatable bonds is 4. The van der Waals surface area contributed by atoms with Crippen LogP contribution in [0.2, 0.25) is 0 Å². The van der Waals surface area contributed by atoms with Crippen molar-refractivity contribution in [2.75, 3.05) is 5.32 Å². The Balaban J connectivity index is 1.90. The SMILES string of the molecule is CCc1ccc([C@H]2CC(=O)Nc3c2sc(C(=O)O)c3-c2cccc(F)c2)cc1. The standard InChI is InChI=1S/C22H18FNO3S/c1-2-12-6-8-13(9-7-12)16-11-17(25)24-19-18(14-4-3-5-15(23)10-14)21(22(26)27)28-20(16)19/h3-10,16H,2,11H2,1H3,(H,24,25)(H,26,27)/t16-/m1/s1. The molecule has 0 aliphatic carbocycles. The number of carboxylic acids is 1. The van der Waals surface area contributed by atoms with E-state index in [1.54, 1.807) is 6.07 Å². The van der Waals surface area contributed by atoms with Gasteiger partial charge >= 0.3 is 5.97 Å². The van der Waals surface area contributed by atoms with Gasteiger partial charge in [-0.1, -0.05) is 43.3 Å². The van der Waals surface area contributed by atoms with Crippen molar-refractivity contribution < 1.29 is 19.1 Å². The Hall–Kier alpha value is -2.99. The number of halogens is 1. The van der Waals surface area contributed by atoms with Crippen LogP contribution >= 0.6 is 11.3 Å². The first-order valence-corrected chi connectivity index (χ1v) is 9.84. The molecule has 0 spiro atoms. The second kappa shape index (κ2) is 7.20. The molecule has 0 saturated heterocycles. The number of thiophene rings is 1. The number of anilines is 1. The highest BCUT2D eigenvalue weighted by Crippen LogP contribution is 2.49. The summed E-state index contributed by atoms with van der Waals surface area (Å²) in [4.78, 5) is 25.2. The molecule has 0 bridgehead atoms. The van der Waals surface area contributed by atoms with Gasteiger partial charge in [-0.2, -0.15) is 0 Å². The summed E-state index contributed by atoms with van der Waals surface area (Å²) in [5.41, 5.74) is 3.46. The van der Waals surface area contributed by atoms with Crippen molar-refractivity contribution in [2.24, 2.45) is 0 Å². The molecule has 2 heterocycles. The first-order chi connectivity index (χ1) is 13.5. The molecule has 1 aliphatic heterocycles. The normalized spacial score (nSPS) is 15.8. The Labute approximate surface area is 165 Å². The van der Waals surface area contributed by atoms with Crippen LogP contribution in [0.25, 0.3) is 11.1 Å². The van der Waals surface area contributed by atoms with Gasteiger partial charge in [-0.25, -0.2) is 9.18 Å². The number of aromatic carboxylic acids is 1. The number of carbonyl (C=O) groups is 2. The molecule has 3 aromatic rings. The van der Waals surface area contributed by atoms with Crippen molar-refractivity contribution >= 4 is 28.9 Å². The first kappa shape index (κ1) is 18.4. The molecule has 1 atom stereocenters. The zero-order valence-electron chi connectivity index (χ0n) is 15.2. The minimum Gasteiger partial charge on any atom is -0.477 e. The summed E-state index contributed by atoms with van der Waals surface area (Å²) in [5, 5.41) is 12.6. The summed E-state index contributed by atoms with van der Waals surface area (Å²) < 4.78 is 13.8. The fourth-order valence-electron chi connectivity index (χ4n) is 3.61. The molecular formula is C22H18FNO3S. The fraction of sp³-hybridized carbons (Fsp3) is 0.182. The molecule has 142 valence electrons. The largest absolute Gasteiger partial charge is 0.477 e. The minimum absolute atomic E-state index is 0.105. The molecular weight excluding hydrogens is 377 g/mol. The van der Waals surface area contributed by atoms with Gasteiger partial charge in [0.15, 0.2) is 0 Å². The zero-order chi connectivity index (χ0) is 19.8. The molecule has 1 aliphatic rings. The van der Waals surface area contributed by atoms with Crippen LogP contribution in [0.3, 0.4) is 0 Å². The Morgan fingerprint density at radius 1 is 1.25 bits per heavy atom. The van der Waals surface area contributed by atoms with Crippen LogP contribution in [0, 0.1) is 5.82 Å². The van der Waals surface area contributed by atoms with Crippen molar-refractivity contribution in [3.63, 3.8) is 0 Å². The zero-order valence-corrected chi connectivity index (χ0v) is 16.0. The van der Waals surface area contributed by atoms with Gasteiger partial charge in [0.25, 0.3) is 0 Å². The van der Waals surface area contributed by atoms with E-state index in [0.29, 0.717) is 16.8 Å². The maximum atomic E-state index is 13.8. The van der Waals surface area contributed by atoms with Gasteiger partial charge < -0.3 is 10.4 Å². The van der Waals surface area contributed by atoms with E-state index >= 15 is 0 Å². The van der Waals surface area contributed by atoms with E-state index in [-0.39, 0.29) is 23.1 Å². The molecule has 28 heavy (non-hydrogen) atoms. The molecule has 2 N–H and O–H groups in total. The summed E-state index contributed by atoms with van der Waals surface area (Å²) in [5.74, 6) is -1.94. The molecule has 1 amide bonds. The molecule has 0 saturated carbocycles. The quantitative estimate of drug-likeness (QED) is 0.631.